The summed E-state index contributed by atoms with van der Waals surface area (Å²) in [4.78, 5) is 4.38. The number of nitrogens with one attached hydrogen (secondary N) is 1. The molecule has 116 valence electrons. The average Bonchev–Trinajstić information content (AvgIpc) is 2.91. The smallest absolute Gasteiger partial charge is 0.123 e. The van der Waals surface area contributed by atoms with Gasteiger partial charge in [0.1, 0.15) is 17.6 Å². The lowest BCUT2D eigenvalue weighted by atomic mass is 10.1. The van der Waals surface area contributed by atoms with Gasteiger partial charge in [-0.05, 0) is 38.1 Å². The van der Waals surface area contributed by atoms with Gasteiger partial charge >= 0.3 is 0 Å². The lowest BCUT2D eigenvalue weighted by Gasteiger charge is -2.16. The fraction of sp³-hybridized carbons (Fsp3) is 0.389. The minimum atomic E-state index is 0.180. The number of hydrogen-bond donors (Lipinski definition) is 1. The van der Waals surface area contributed by atoms with Crippen molar-refractivity contribution in [3.63, 3.8) is 0 Å². The molecule has 0 aliphatic carbocycles. The van der Waals surface area contributed by atoms with E-state index in [1.807, 2.05) is 24.4 Å². The molecule has 1 N–H and O–H groups in total. The Hall–Kier alpha value is -2.07. The molecule has 1 aliphatic heterocycles. The second-order valence-electron chi connectivity index (χ2n) is 5.76. The van der Waals surface area contributed by atoms with Gasteiger partial charge in [0.05, 0.1) is 12.8 Å². The van der Waals surface area contributed by atoms with E-state index in [0.29, 0.717) is 6.54 Å². The first-order chi connectivity index (χ1) is 10.7. The molecule has 0 saturated heterocycles. The third kappa shape index (κ3) is 3.07. The molecule has 0 amide bonds. The molecule has 2 atom stereocenters. The first kappa shape index (κ1) is 14.9. The molecule has 4 heteroatoms. The van der Waals surface area contributed by atoms with Crippen molar-refractivity contribution < 1.29 is 9.47 Å². The topological polar surface area (TPSA) is 43.4 Å². The fourth-order valence-corrected chi connectivity index (χ4v) is 2.81. The Morgan fingerprint density at radius 3 is 3.00 bits per heavy atom. The van der Waals surface area contributed by atoms with Crippen LogP contribution in [0.4, 0.5) is 0 Å². The van der Waals surface area contributed by atoms with E-state index in [0.717, 1.165) is 29.2 Å². The Kier molecular flexibility index (Phi) is 4.29. The minimum absolute atomic E-state index is 0.180. The van der Waals surface area contributed by atoms with E-state index < -0.39 is 0 Å². The van der Waals surface area contributed by atoms with Crippen LogP contribution < -0.4 is 14.8 Å². The molecule has 0 unspecified atom stereocenters. The maximum atomic E-state index is 5.84. The van der Waals surface area contributed by atoms with Gasteiger partial charge in [-0.15, -0.1) is 0 Å². The van der Waals surface area contributed by atoms with Crippen molar-refractivity contribution in [3.05, 3.63) is 53.3 Å². The van der Waals surface area contributed by atoms with Crippen LogP contribution in [0.3, 0.4) is 0 Å². The summed E-state index contributed by atoms with van der Waals surface area (Å²) in [6.07, 6.45) is 3.01. The monoisotopic (exact) mass is 298 g/mol. The number of hydrogen-bond acceptors (Lipinski definition) is 4. The number of aromatic nitrogens is 1. The summed E-state index contributed by atoms with van der Waals surface area (Å²) in [5, 5.41) is 3.49. The molecule has 3 rings (SSSR count). The molecule has 4 nitrogen and oxygen atoms in total. The number of pyridine rings is 1. The highest BCUT2D eigenvalue weighted by molar-refractivity contribution is 5.48. The van der Waals surface area contributed by atoms with Gasteiger partial charge in [0.2, 0.25) is 0 Å². The van der Waals surface area contributed by atoms with Crippen molar-refractivity contribution in [3.8, 4) is 11.5 Å². The highest BCUT2D eigenvalue weighted by Crippen LogP contribution is 2.35. The van der Waals surface area contributed by atoms with Gasteiger partial charge in [0.25, 0.3) is 0 Å². The summed E-state index contributed by atoms with van der Waals surface area (Å²) in [6.45, 7) is 4.92. The van der Waals surface area contributed by atoms with E-state index >= 15 is 0 Å². The quantitative estimate of drug-likeness (QED) is 0.920. The zero-order chi connectivity index (χ0) is 15.5. The maximum absolute atomic E-state index is 5.84. The Morgan fingerprint density at radius 1 is 1.41 bits per heavy atom. The number of benzene rings is 1. The van der Waals surface area contributed by atoms with Gasteiger partial charge in [0, 0.05) is 36.3 Å². The van der Waals surface area contributed by atoms with Crippen molar-refractivity contribution >= 4 is 0 Å². The summed E-state index contributed by atoms with van der Waals surface area (Å²) in [5.74, 6) is 1.90. The van der Waals surface area contributed by atoms with Crippen molar-refractivity contribution in [2.24, 2.45) is 0 Å². The van der Waals surface area contributed by atoms with Crippen LogP contribution in [-0.4, -0.2) is 18.2 Å². The molecule has 0 fully saturated rings. The molecule has 2 heterocycles. The van der Waals surface area contributed by atoms with Crippen LogP contribution in [0.15, 0.2) is 36.5 Å². The normalized spacial score (nSPS) is 17.7. The molecule has 0 bridgehead atoms. The molecule has 1 aliphatic rings. The Balaban J connectivity index is 1.74. The van der Waals surface area contributed by atoms with E-state index in [4.69, 9.17) is 9.47 Å². The molecular formula is C18H22N2O2. The van der Waals surface area contributed by atoms with Crippen molar-refractivity contribution in [2.75, 3.05) is 7.11 Å². The molecule has 1 aromatic carbocycles. The summed E-state index contributed by atoms with van der Waals surface area (Å²) in [7, 11) is 1.71. The van der Waals surface area contributed by atoms with Gasteiger partial charge in [0.15, 0.2) is 0 Å². The number of nitrogens with zero attached hydrogens (tertiary/aromatic N) is 1. The van der Waals surface area contributed by atoms with Gasteiger partial charge in [-0.1, -0.05) is 6.07 Å². The van der Waals surface area contributed by atoms with Crippen LogP contribution in [0.5, 0.6) is 11.5 Å². The van der Waals surface area contributed by atoms with E-state index in [-0.39, 0.29) is 12.1 Å². The zero-order valence-corrected chi connectivity index (χ0v) is 13.3. The summed E-state index contributed by atoms with van der Waals surface area (Å²) >= 11 is 0. The fourth-order valence-electron chi connectivity index (χ4n) is 2.81. The van der Waals surface area contributed by atoms with Crippen LogP contribution in [0, 0.1) is 0 Å². The van der Waals surface area contributed by atoms with Crippen molar-refractivity contribution in [2.45, 2.75) is 39.0 Å². The molecule has 0 spiro atoms. The Bertz CT molecular complexity index is 643. The Morgan fingerprint density at radius 2 is 2.27 bits per heavy atom. The van der Waals surface area contributed by atoms with Crippen molar-refractivity contribution in [1.29, 1.82) is 0 Å². The van der Waals surface area contributed by atoms with E-state index in [9.17, 15) is 0 Å². The first-order valence-electron chi connectivity index (χ1n) is 7.68. The minimum Gasteiger partial charge on any atom is -0.496 e. The largest absolute Gasteiger partial charge is 0.496 e. The van der Waals surface area contributed by atoms with E-state index in [2.05, 4.69) is 36.3 Å². The standard InChI is InChI=1S/C18H22N2O2/c1-12-8-14-9-17(21-3)15(10-18(14)22-12)11-20-13(2)16-6-4-5-7-19-16/h4-7,9-10,12-13,20H,8,11H2,1-3H3/t12-,13-/m1/s1. The van der Waals surface area contributed by atoms with Crippen molar-refractivity contribution in [1.82, 2.24) is 10.3 Å². The predicted molar refractivity (Wildman–Crippen MR) is 86.3 cm³/mol. The van der Waals surface area contributed by atoms with Crippen LogP contribution in [0.2, 0.25) is 0 Å². The predicted octanol–water partition coefficient (Wildman–Crippen LogP) is 3.26. The number of rotatable bonds is 5. The number of methoxy groups -OCH3 is 1. The third-order valence-corrected chi connectivity index (χ3v) is 4.03. The van der Waals surface area contributed by atoms with Crippen LogP contribution in [0.1, 0.15) is 36.7 Å². The second kappa shape index (κ2) is 6.36. The number of fused-ring (bicyclic) bond motifs is 1. The molecule has 0 saturated carbocycles. The molecule has 0 radical (unpaired) electrons. The van der Waals surface area contributed by atoms with Gasteiger partial charge in [-0.2, -0.15) is 0 Å². The number of ether oxygens (including phenoxy) is 2. The molecule has 22 heavy (non-hydrogen) atoms. The lowest BCUT2D eigenvalue weighted by molar-refractivity contribution is 0.254. The highest BCUT2D eigenvalue weighted by Gasteiger charge is 2.21. The van der Waals surface area contributed by atoms with E-state index in [1.54, 1.807) is 7.11 Å². The van der Waals surface area contributed by atoms with Gasteiger partial charge in [-0.3, -0.25) is 4.98 Å². The first-order valence-corrected chi connectivity index (χ1v) is 7.68. The lowest BCUT2D eigenvalue weighted by Crippen LogP contribution is -2.19. The van der Waals surface area contributed by atoms with Gasteiger partial charge < -0.3 is 14.8 Å². The third-order valence-electron chi connectivity index (χ3n) is 4.03. The summed E-state index contributed by atoms with van der Waals surface area (Å²) < 4.78 is 11.4. The van der Waals surface area contributed by atoms with Crippen LogP contribution >= 0.6 is 0 Å². The SMILES string of the molecule is COc1cc2c(cc1CN[C@H](C)c1ccccn1)O[C@H](C)C2. The Labute approximate surface area is 131 Å². The van der Waals surface area contributed by atoms with Gasteiger partial charge in [-0.25, -0.2) is 0 Å². The molecular weight excluding hydrogens is 276 g/mol. The highest BCUT2D eigenvalue weighted by atomic mass is 16.5. The van der Waals surface area contributed by atoms with E-state index in [1.165, 1.54) is 5.56 Å². The van der Waals surface area contributed by atoms with Crippen LogP contribution in [0.25, 0.3) is 0 Å². The summed E-state index contributed by atoms with van der Waals surface area (Å²) in [5.41, 5.74) is 3.37. The zero-order valence-electron chi connectivity index (χ0n) is 13.3. The average molecular weight is 298 g/mol. The molecule has 1 aromatic heterocycles. The second-order valence-corrected chi connectivity index (χ2v) is 5.76. The van der Waals surface area contributed by atoms with Crippen LogP contribution in [-0.2, 0) is 13.0 Å². The molecule has 2 aromatic rings. The summed E-state index contributed by atoms with van der Waals surface area (Å²) in [6, 6.07) is 10.3. The maximum Gasteiger partial charge on any atom is 0.123 e.